The number of esters is 1. The molecule has 3 heterocycles. The topological polar surface area (TPSA) is 86.1 Å². The number of fused-ring (bicyclic) bond motifs is 1. The average molecular weight is 517 g/mol. The fraction of sp³-hybridized carbons (Fsp3) is 0.417. The average Bonchev–Trinajstić information content (AvgIpc) is 3.47. The van der Waals surface area contributed by atoms with Gasteiger partial charge in [0.1, 0.15) is 5.00 Å². The maximum absolute atomic E-state index is 12.9. The SMILES string of the molecule is C=CCn1c(SCC(=O)Nc2sc3c(c2C(=O)OC)CCC(C)C3)nnc1-c1csc(C)c1C. The minimum atomic E-state index is -0.396. The summed E-state index contributed by atoms with van der Waals surface area (Å²) in [6.07, 6.45) is 4.58. The van der Waals surface area contributed by atoms with E-state index in [2.05, 4.69) is 48.2 Å². The standard InChI is InChI=1S/C24H28N4O3S3/c1-6-9-28-21(17-11-32-15(4)14(17)3)26-27-24(28)33-12-19(29)25-22-20(23(30)31-5)16-8-7-13(2)10-18(16)34-22/h6,11,13H,1,7-10,12H2,2-5H3,(H,25,29). The third-order valence-electron chi connectivity index (χ3n) is 6.04. The first-order valence-electron chi connectivity index (χ1n) is 11.1. The molecule has 1 amide bonds. The van der Waals surface area contributed by atoms with Crippen molar-refractivity contribution >= 4 is 51.3 Å². The van der Waals surface area contributed by atoms with Gasteiger partial charge < -0.3 is 10.1 Å². The van der Waals surface area contributed by atoms with Crippen LogP contribution in [0.25, 0.3) is 11.4 Å². The van der Waals surface area contributed by atoms with Crippen LogP contribution < -0.4 is 5.32 Å². The molecule has 1 N–H and O–H groups in total. The van der Waals surface area contributed by atoms with E-state index in [0.717, 1.165) is 36.2 Å². The van der Waals surface area contributed by atoms with Crippen molar-refractivity contribution < 1.29 is 14.3 Å². The third kappa shape index (κ3) is 4.85. The number of thiophene rings is 2. The number of carbonyl (C=O) groups is 2. The minimum Gasteiger partial charge on any atom is -0.465 e. The van der Waals surface area contributed by atoms with E-state index < -0.39 is 5.97 Å². The number of hydrogen-bond acceptors (Lipinski definition) is 8. The number of aryl methyl sites for hydroxylation is 1. The van der Waals surface area contributed by atoms with Crippen molar-refractivity contribution in [3.8, 4) is 11.4 Å². The monoisotopic (exact) mass is 516 g/mol. The van der Waals surface area contributed by atoms with Crippen LogP contribution >= 0.6 is 34.4 Å². The van der Waals surface area contributed by atoms with Crippen molar-refractivity contribution in [3.05, 3.63) is 44.5 Å². The quantitative estimate of drug-likeness (QED) is 0.241. The molecule has 1 atom stereocenters. The summed E-state index contributed by atoms with van der Waals surface area (Å²) in [7, 11) is 1.38. The minimum absolute atomic E-state index is 0.149. The lowest BCUT2D eigenvalue weighted by Crippen LogP contribution is -2.17. The molecule has 3 aromatic heterocycles. The van der Waals surface area contributed by atoms with E-state index >= 15 is 0 Å². The van der Waals surface area contributed by atoms with Crippen LogP contribution in [0.2, 0.25) is 0 Å². The van der Waals surface area contributed by atoms with Gasteiger partial charge in [0.2, 0.25) is 5.91 Å². The molecule has 0 bridgehead atoms. The van der Waals surface area contributed by atoms with Crippen LogP contribution in [-0.2, 0) is 28.9 Å². The smallest absolute Gasteiger partial charge is 0.341 e. The number of rotatable bonds is 8. The van der Waals surface area contributed by atoms with Gasteiger partial charge in [-0.15, -0.1) is 39.4 Å². The maximum atomic E-state index is 12.9. The second-order valence-corrected chi connectivity index (χ2v) is 11.6. The molecule has 1 aliphatic rings. The molecule has 3 aromatic rings. The lowest BCUT2D eigenvalue weighted by atomic mass is 9.88. The van der Waals surface area contributed by atoms with E-state index in [-0.39, 0.29) is 11.7 Å². The van der Waals surface area contributed by atoms with Crippen molar-refractivity contribution in [2.24, 2.45) is 5.92 Å². The number of allylic oxidation sites excluding steroid dienone is 1. The zero-order valence-electron chi connectivity index (χ0n) is 19.8. The van der Waals surface area contributed by atoms with Gasteiger partial charge in [0, 0.05) is 27.2 Å². The largest absolute Gasteiger partial charge is 0.465 e. The Morgan fingerprint density at radius 1 is 1.38 bits per heavy atom. The number of thioether (sulfide) groups is 1. The summed E-state index contributed by atoms with van der Waals surface area (Å²) >= 11 is 4.49. The zero-order chi connectivity index (χ0) is 24.4. The molecule has 34 heavy (non-hydrogen) atoms. The van der Waals surface area contributed by atoms with Gasteiger partial charge in [-0.3, -0.25) is 9.36 Å². The first kappa shape index (κ1) is 24.7. The highest BCUT2D eigenvalue weighted by molar-refractivity contribution is 7.99. The molecule has 0 saturated carbocycles. The Morgan fingerprint density at radius 2 is 2.18 bits per heavy atom. The van der Waals surface area contributed by atoms with E-state index in [9.17, 15) is 9.59 Å². The number of anilines is 1. The Morgan fingerprint density at radius 3 is 2.85 bits per heavy atom. The van der Waals surface area contributed by atoms with Crippen LogP contribution in [0.3, 0.4) is 0 Å². The van der Waals surface area contributed by atoms with Crippen molar-refractivity contribution in [3.63, 3.8) is 0 Å². The molecule has 10 heteroatoms. The van der Waals surface area contributed by atoms with Gasteiger partial charge in [-0.2, -0.15) is 0 Å². The van der Waals surface area contributed by atoms with Crippen molar-refractivity contribution in [2.75, 3.05) is 18.2 Å². The van der Waals surface area contributed by atoms with Crippen LogP contribution in [0.1, 0.15) is 44.6 Å². The molecule has 4 rings (SSSR count). The van der Waals surface area contributed by atoms with Gasteiger partial charge in [0.15, 0.2) is 11.0 Å². The molecule has 0 aliphatic heterocycles. The Bertz CT molecular complexity index is 1240. The van der Waals surface area contributed by atoms with Crippen molar-refractivity contribution in [1.82, 2.24) is 14.8 Å². The van der Waals surface area contributed by atoms with E-state index in [0.29, 0.717) is 28.2 Å². The summed E-state index contributed by atoms with van der Waals surface area (Å²) in [6, 6.07) is 0. The first-order valence-corrected chi connectivity index (χ1v) is 13.8. The van der Waals surface area contributed by atoms with Crippen LogP contribution in [-0.4, -0.2) is 39.5 Å². The number of methoxy groups -OCH3 is 1. The summed E-state index contributed by atoms with van der Waals surface area (Å²) in [5.74, 6) is 0.900. The van der Waals surface area contributed by atoms with Gasteiger partial charge in [-0.05, 0) is 50.2 Å². The predicted octanol–water partition coefficient (Wildman–Crippen LogP) is 5.51. The highest BCUT2D eigenvalue weighted by atomic mass is 32.2. The summed E-state index contributed by atoms with van der Waals surface area (Å²) in [6.45, 7) is 10.8. The molecule has 1 unspecified atom stereocenters. The lowest BCUT2D eigenvalue weighted by Gasteiger charge is -2.18. The Labute approximate surface area is 211 Å². The number of aromatic nitrogens is 3. The van der Waals surface area contributed by atoms with Crippen LogP contribution in [0.5, 0.6) is 0 Å². The van der Waals surface area contributed by atoms with E-state index in [4.69, 9.17) is 4.74 Å². The second kappa shape index (κ2) is 10.5. The van der Waals surface area contributed by atoms with E-state index in [1.807, 2.05) is 4.57 Å². The maximum Gasteiger partial charge on any atom is 0.341 e. The molecule has 0 aromatic carbocycles. The van der Waals surface area contributed by atoms with Crippen LogP contribution in [0.15, 0.2) is 23.2 Å². The summed E-state index contributed by atoms with van der Waals surface area (Å²) < 4.78 is 7.00. The zero-order valence-corrected chi connectivity index (χ0v) is 22.2. The highest BCUT2D eigenvalue weighted by Crippen LogP contribution is 2.40. The lowest BCUT2D eigenvalue weighted by molar-refractivity contribution is -0.113. The molecule has 180 valence electrons. The Kier molecular flexibility index (Phi) is 7.59. The molecule has 1 aliphatic carbocycles. The molecule has 0 fully saturated rings. The summed E-state index contributed by atoms with van der Waals surface area (Å²) in [5.41, 5.74) is 3.76. The molecule has 0 saturated heterocycles. The molecular formula is C24H28N4O3S3. The predicted molar refractivity (Wildman–Crippen MR) is 139 cm³/mol. The fourth-order valence-corrected chi connectivity index (χ4v) is 7.10. The number of ether oxygens (including phenoxy) is 1. The first-order chi connectivity index (χ1) is 16.3. The number of nitrogens with zero attached hydrogens (tertiary/aromatic N) is 3. The van der Waals surface area contributed by atoms with Crippen LogP contribution in [0, 0.1) is 19.8 Å². The fourth-order valence-electron chi connectivity index (χ4n) is 4.07. The van der Waals surface area contributed by atoms with Crippen molar-refractivity contribution in [1.29, 1.82) is 0 Å². The second-order valence-electron chi connectivity index (χ2n) is 8.42. The van der Waals surface area contributed by atoms with Crippen molar-refractivity contribution in [2.45, 2.75) is 51.7 Å². The molecule has 0 radical (unpaired) electrons. The number of amides is 1. The van der Waals surface area contributed by atoms with E-state index in [1.165, 1.54) is 45.5 Å². The normalized spacial score (nSPS) is 15.1. The van der Waals surface area contributed by atoms with Gasteiger partial charge in [0.05, 0.1) is 18.4 Å². The molecular weight excluding hydrogens is 488 g/mol. The van der Waals surface area contributed by atoms with Gasteiger partial charge >= 0.3 is 5.97 Å². The van der Waals surface area contributed by atoms with E-state index in [1.54, 1.807) is 17.4 Å². The highest BCUT2D eigenvalue weighted by Gasteiger charge is 2.29. The third-order valence-corrected chi connectivity index (χ3v) is 9.19. The molecule has 7 nitrogen and oxygen atoms in total. The van der Waals surface area contributed by atoms with Gasteiger partial charge in [0.25, 0.3) is 0 Å². The van der Waals surface area contributed by atoms with Gasteiger partial charge in [-0.1, -0.05) is 24.8 Å². The Hall–Kier alpha value is -2.43. The Balaban J connectivity index is 1.51. The number of hydrogen-bond donors (Lipinski definition) is 1. The van der Waals surface area contributed by atoms with Gasteiger partial charge in [-0.25, -0.2) is 4.79 Å². The molecule has 0 spiro atoms. The summed E-state index contributed by atoms with van der Waals surface area (Å²) in [5, 5.41) is 15.0. The number of carbonyl (C=O) groups excluding carboxylic acids is 2. The van der Waals surface area contributed by atoms with Crippen LogP contribution in [0.4, 0.5) is 5.00 Å². The number of nitrogens with one attached hydrogen (secondary N) is 1. The summed E-state index contributed by atoms with van der Waals surface area (Å²) in [4.78, 5) is 27.8.